The Balaban J connectivity index is 2.42. The maximum absolute atomic E-state index is 13.6. The summed E-state index contributed by atoms with van der Waals surface area (Å²) in [6.07, 6.45) is 0. The molecule has 0 saturated carbocycles. The normalized spacial score (nSPS) is 9.79. The molecule has 0 unspecified atom stereocenters. The maximum atomic E-state index is 13.6. The predicted molar refractivity (Wildman–Crippen MR) is 68.9 cm³/mol. The second kappa shape index (κ2) is 5.40. The van der Waals surface area contributed by atoms with Crippen LogP contribution in [0.3, 0.4) is 0 Å². The number of rotatable bonds is 3. The van der Waals surface area contributed by atoms with Crippen LogP contribution < -0.4 is 9.47 Å². The summed E-state index contributed by atoms with van der Waals surface area (Å²) in [5.74, 6) is 0.426. The van der Waals surface area contributed by atoms with Gasteiger partial charge in [-0.3, -0.25) is 0 Å². The molecule has 0 aromatic heterocycles. The van der Waals surface area contributed by atoms with Gasteiger partial charge in [-0.1, -0.05) is 6.07 Å². The van der Waals surface area contributed by atoms with E-state index < -0.39 is 5.82 Å². The van der Waals surface area contributed by atoms with Crippen LogP contribution in [0.5, 0.6) is 17.2 Å². The molecule has 0 heterocycles. The summed E-state index contributed by atoms with van der Waals surface area (Å²) in [4.78, 5) is 0. The first kappa shape index (κ1) is 12.9. The van der Waals surface area contributed by atoms with Crippen molar-refractivity contribution in [1.82, 2.24) is 0 Å². The maximum Gasteiger partial charge on any atom is 0.165 e. The molecule has 0 aliphatic carbocycles. The largest absolute Gasteiger partial charge is 0.497 e. The fraction of sp³-hybridized carbons (Fsp3) is 0.133. The third-order valence-electron chi connectivity index (χ3n) is 2.62. The average Bonchev–Trinajstić information content (AvgIpc) is 2.42. The van der Waals surface area contributed by atoms with E-state index in [1.165, 1.54) is 13.2 Å². The lowest BCUT2D eigenvalue weighted by molar-refractivity contribution is 0.404. The zero-order valence-corrected chi connectivity index (χ0v) is 10.6. The Morgan fingerprint density at radius 2 is 1.89 bits per heavy atom. The minimum Gasteiger partial charge on any atom is -0.497 e. The van der Waals surface area contributed by atoms with Gasteiger partial charge in [-0.05, 0) is 36.8 Å². The van der Waals surface area contributed by atoms with Gasteiger partial charge in [0, 0.05) is 6.07 Å². The molecule has 0 N–H and O–H groups in total. The molecule has 3 nitrogen and oxygen atoms in total. The van der Waals surface area contributed by atoms with Gasteiger partial charge >= 0.3 is 0 Å². The molecule has 0 aliphatic heterocycles. The van der Waals surface area contributed by atoms with E-state index in [0.29, 0.717) is 11.3 Å². The van der Waals surface area contributed by atoms with Crippen molar-refractivity contribution < 1.29 is 13.9 Å². The van der Waals surface area contributed by atoms with Gasteiger partial charge in [0.1, 0.15) is 17.6 Å². The van der Waals surface area contributed by atoms with Crippen molar-refractivity contribution in [3.05, 3.63) is 53.3 Å². The molecular weight excluding hydrogens is 245 g/mol. The quantitative estimate of drug-likeness (QED) is 0.839. The molecule has 0 radical (unpaired) electrons. The Labute approximate surface area is 110 Å². The van der Waals surface area contributed by atoms with E-state index in [1.54, 1.807) is 30.3 Å². The first-order valence-electron chi connectivity index (χ1n) is 5.66. The molecule has 19 heavy (non-hydrogen) atoms. The fourth-order valence-electron chi connectivity index (χ4n) is 1.61. The second-order valence-corrected chi connectivity index (χ2v) is 4.01. The fourth-order valence-corrected chi connectivity index (χ4v) is 1.61. The lowest BCUT2D eigenvalue weighted by atomic mass is 10.2. The topological polar surface area (TPSA) is 42.2 Å². The van der Waals surface area contributed by atoms with E-state index in [1.807, 2.05) is 13.0 Å². The van der Waals surface area contributed by atoms with Crippen LogP contribution in [-0.4, -0.2) is 7.11 Å². The molecule has 0 saturated heterocycles. The van der Waals surface area contributed by atoms with E-state index >= 15 is 0 Å². The van der Waals surface area contributed by atoms with Gasteiger partial charge < -0.3 is 9.47 Å². The first-order valence-corrected chi connectivity index (χ1v) is 5.66. The summed E-state index contributed by atoms with van der Waals surface area (Å²) in [6, 6.07) is 11.3. The zero-order chi connectivity index (χ0) is 13.8. The number of nitriles is 1. The van der Waals surface area contributed by atoms with Crippen LogP contribution in [-0.2, 0) is 0 Å². The molecular formula is C15H12FNO2. The predicted octanol–water partition coefficient (Wildman–Crippen LogP) is 3.81. The lowest BCUT2D eigenvalue weighted by Crippen LogP contribution is -1.93. The van der Waals surface area contributed by atoms with Gasteiger partial charge in [-0.25, -0.2) is 4.39 Å². The number of benzene rings is 2. The standard InChI is InChI=1S/C15H12FNO2/c1-10-3-6-13(16)15(7-10)19-14-8-12(18-2)5-4-11(14)9-17/h3-8H,1-2H3. The van der Waals surface area contributed by atoms with Gasteiger partial charge in [-0.15, -0.1) is 0 Å². The van der Waals surface area contributed by atoms with Crippen LogP contribution in [0, 0.1) is 24.1 Å². The highest BCUT2D eigenvalue weighted by molar-refractivity contribution is 5.49. The Morgan fingerprint density at radius 1 is 1.11 bits per heavy atom. The molecule has 0 spiro atoms. The van der Waals surface area contributed by atoms with Crippen molar-refractivity contribution in [3.63, 3.8) is 0 Å². The molecule has 96 valence electrons. The van der Waals surface area contributed by atoms with Gasteiger partial charge in [0.2, 0.25) is 0 Å². The SMILES string of the molecule is COc1ccc(C#N)c(Oc2cc(C)ccc2F)c1. The molecule has 4 heteroatoms. The highest BCUT2D eigenvalue weighted by atomic mass is 19.1. The number of aryl methyl sites for hydroxylation is 1. The van der Waals surface area contributed by atoms with Crippen molar-refractivity contribution in [2.45, 2.75) is 6.92 Å². The second-order valence-electron chi connectivity index (χ2n) is 4.01. The monoisotopic (exact) mass is 257 g/mol. The smallest absolute Gasteiger partial charge is 0.165 e. The van der Waals surface area contributed by atoms with Crippen molar-refractivity contribution in [2.75, 3.05) is 7.11 Å². The third-order valence-corrected chi connectivity index (χ3v) is 2.62. The molecule has 0 aliphatic rings. The summed E-state index contributed by atoms with van der Waals surface area (Å²) >= 11 is 0. The Bertz CT molecular complexity index is 647. The minimum atomic E-state index is -0.475. The minimum absolute atomic E-state index is 0.0877. The highest BCUT2D eigenvalue weighted by Gasteiger charge is 2.10. The lowest BCUT2D eigenvalue weighted by Gasteiger charge is -2.10. The molecule has 0 fully saturated rings. The van der Waals surface area contributed by atoms with Gasteiger partial charge in [0.25, 0.3) is 0 Å². The van der Waals surface area contributed by atoms with Crippen LogP contribution in [0.4, 0.5) is 4.39 Å². The van der Waals surface area contributed by atoms with E-state index in [9.17, 15) is 4.39 Å². The molecule has 2 aromatic rings. The van der Waals surface area contributed by atoms with Crippen LogP contribution >= 0.6 is 0 Å². The Kier molecular flexibility index (Phi) is 3.67. The van der Waals surface area contributed by atoms with E-state index in [0.717, 1.165) is 5.56 Å². The summed E-state index contributed by atoms with van der Waals surface area (Å²) in [6.45, 7) is 1.84. The highest BCUT2D eigenvalue weighted by Crippen LogP contribution is 2.30. The molecule has 0 amide bonds. The molecule has 0 bridgehead atoms. The van der Waals surface area contributed by atoms with Crippen LogP contribution in [0.15, 0.2) is 36.4 Å². The molecule has 2 rings (SSSR count). The van der Waals surface area contributed by atoms with Crippen molar-refractivity contribution in [3.8, 4) is 23.3 Å². The third kappa shape index (κ3) is 2.83. The Morgan fingerprint density at radius 3 is 2.58 bits per heavy atom. The number of nitrogens with zero attached hydrogens (tertiary/aromatic N) is 1. The van der Waals surface area contributed by atoms with E-state index in [-0.39, 0.29) is 11.5 Å². The van der Waals surface area contributed by atoms with Gasteiger partial charge in [0.15, 0.2) is 11.6 Å². The number of methoxy groups -OCH3 is 1. The Hall–Kier alpha value is -2.54. The zero-order valence-electron chi connectivity index (χ0n) is 10.6. The summed E-state index contributed by atoms with van der Waals surface area (Å²) in [7, 11) is 1.51. The molecule has 2 aromatic carbocycles. The van der Waals surface area contributed by atoms with Gasteiger partial charge in [0.05, 0.1) is 12.7 Å². The van der Waals surface area contributed by atoms with Crippen molar-refractivity contribution in [1.29, 1.82) is 5.26 Å². The summed E-state index contributed by atoms with van der Waals surface area (Å²) in [5, 5.41) is 9.02. The number of hydrogen-bond acceptors (Lipinski definition) is 3. The van der Waals surface area contributed by atoms with Crippen LogP contribution in [0.1, 0.15) is 11.1 Å². The van der Waals surface area contributed by atoms with Gasteiger partial charge in [-0.2, -0.15) is 5.26 Å². The van der Waals surface area contributed by atoms with E-state index in [4.69, 9.17) is 14.7 Å². The van der Waals surface area contributed by atoms with Crippen molar-refractivity contribution >= 4 is 0 Å². The summed E-state index contributed by atoms with van der Waals surface area (Å²) in [5.41, 5.74) is 1.19. The van der Waals surface area contributed by atoms with Crippen LogP contribution in [0.25, 0.3) is 0 Å². The number of hydrogen-bond donors (Lipinski definition) is 0. The van der Waals surface area contributed by atoms with Crippen molar-refractivity contribution in [2.24, 2.45) is 0 Å². The van der Waals surface area contributed by atoms with Crippen LogP contribution in [0.2, 0.25) is 0 Å². The number of halogens is 1. The first-order chi connectivity index (χ1) is 9.13. The average molecular weight is 257 g/mol. The molecule has 0 atom stereocenters. The summed E-state index contributed by atoms with van der Waals surface area (Å²) < 4.78 is 24.2. The van der Waals surface area contributed by atoms with E-state index in [2.05, 4.69) is 0 Å². The number of ether oxygens (including phenoxy) is 2.